The van der Waals surface area contributed by atoms with Gasteiger partial charge in [0, 0.05) is 36.9 Å². The zero-order chi connectivity index (χ0) is 16.4. The van der Waals surface area contributed by atoms with Crippen LogP contribution in [0.4, 0.5) is 10.2 Å². The fourth-order valence-corrected chi connectivity index (χ4v) is 2.46. The third kappa shape index (κ3) is 2.67. The van der Waals surface area contributed by atoms with Gasteiger partial charge in [0.1, 0.15) is 5.82 Å². The van der Waals surface area contributed by atoms with E-state index in [1.165, 1.54) is 12.1 Å². The predicted octanol–water partition coefficient (Wildman–Crippen LogP) is 2.94. The van der Waals surface area contributed by atoms with Crippen LogP contribution < -0.4 is 5.32 Å². The van der Waals surface area contributed by atoms with Crippen molar-refractivity contribution in [3.8, 4) is 11.4 Å². The van der Waals surface area contributed by atoms with Gasteiger partial charge in [-0.05, 0) is 23.8 Å². The number of benzene rings is 1. The molecule has 1 N–H and O–H groups in total. The van der Waals surface area contributed by atoms with E-state index < -0.39 is 0 Å². The van der Waals surface area contributed by atoms with Gasteiger partial charge in [0.05, 0.1) is 0 Å². The molecular formula is C17H13FN6. The Labute approximate surface area is 137 Å². The first-order valence-electron chi connectivity index (χ1n) is 7.40. The van der Waals surface area contributed by atoms with Gasteiger partial charge < -0.3 is 5.32 Å². The summed E-state index contributed by atoms with van der Waals surface area (Å²) >= 11 is 0. The number of anilines is 1. The number of nitrogens with zero attached hydrogens (tertiary/aromatic N) is 5. The molecule has 1 aromatic carbocycles. The number of rotatable bonds is 4. The highest BCUT2D eigenvalue weighted by Crippen LogP contribution is 2.21. The molecule has 0 bridgehead atoms. The van der Waals surface area contributed by atoms with Crippen molar-refractivity contribution in [2.75, 3.05) is 5.32 Å². The highest BCUT2D eigenvalue weighted by Gasteiger charge is 2.12. The SMILES string of the molecule is Fc1cccc(-c2nnc3c(NCc4cccnc4)nccn23)c1. The molecule has 24 heavy (non-hydrogen) atoms. The third-order valence-electron chi connectivity index (χ3n) is 3.59. The molecule has 0 amide bonds. The monoisotopic (exact) mass is 320 g/mol. The van der Waals surface area contributed by atoms with Crippen molar-refractivity contribution in [1.82, 2.24) is 24.6 Å². The van der Waals surface area contributed by atoms with Crippen LogP contribution in [0.3, 0.4) is 0 Å². The molecule has 0 spiro atoms. The average molecular weight is 320 g/mol. The predicted molar refractivity (Wildman–Crippen MR) is 87.7 cm³/mol. The van der Waals surface area contributed by atoms with E-state index in [-0.39, 0.29) is 5.82 Å². The van der Waals surface area contributed by atoms with Crippen molar-refractivity contribution in [3.63, 3.8) is 0 Å². The number of hydrogen-bond acceptors (Lipinski definition) is 5. The van der Waals surface area contributed by atoms with Crippen LogP contribution in [0.25, 0.3) is 17.0 Å². The summed E-state index contributed by atoms with van der Waals surface area (Å²) in [6.07, 6.45) is 6.93. The third-order valence-corrected chi connectivity index (χ3v) is 3.59. The maximum absolute atomic E-state index is 13.5. The van der Waals surface area contributed by atoms with Gasteiger partial charge in [-0.1, -0.05) is 18.2 Å². The molecule has 0 saturated carbocycles. The molecule has 0 unspecified atom stereocenters. The lowest BCUT2D eigenvalue weighted by Crippen LogP contribution is -2.04. The smallest absolute Gasteiger partial charge is 0.203 e. The molecule has 118 valence electrons. The van der Waals surface area contributed by atoms with Crippen LogP contribution in [0.5, 0.6) is 0 Å². The molecule has 0 radical (unpaired) electrons. The van der Waals surface area contributed by atoms with E-state index in [2.05, 4.69) is 25.5 Å². The van der Waals surface area contributed by atoms with Gasteiger partial charge in [-0.15, -0.1) is 10.2 Å². The Morgan fingerprint density at radius 2 is 2.04 bits per heavy atom. The maximum atomic E-state index is 13.5. The number of nitrogens with one attached hydrogen (secondary N) is 1. The largest absolute Gasteiger partial charge is 0.363 e. The van der Waals surface area contributed by atoms with E-state index in [1.807, 2.05) is 12.1 Å². The van der Waals surface area contributed by atoms with Crippen LogP contribution in [-0.4, -0.2) is 24.6 Å². The average Bonchev–Trinajstić information content (AvgIpc) is 3.05. The molecule has 7 heteroatoms. The van der Waals surface area contributed by atoms with Crippen molar-refractivity contribution in [2.24, 2.45) is 0 Å². The molecular weight excluding hydrogens is 307 g/mol. The molecule has 4 aromatic rings. The van der Waals surface area contributed by atoms with E-state index in [9.17, 15) is 4.39 Å². The first-order chi connectivity index (χ1) is 11.8. The van der Waals surface area contributed by atoms with Crippen LogP contribution in [0.2, 0.25) is 0 Å². The van der Waals surface area contributed by atoms with Gasteiger partial charge in [0.15, 0.2) is 11.6 Å². The second-order valence-electron chi connectivity index (χ2n) is 5.22. The lowest BCUT2D eigenvalue weighted by molar-refractivity contribution is 0.628. The minimum Gasteiger partial charge on any atom is -0.363 e. The van der Waals surface area contributed by atoms with E-state index in [1.54, 1.807) is 41.3 Å². The molecule has 3 heterocycles. The molecule has 0 aliphatic carbocycles. The number of hydrogen-bond donors (Lipinski definition) is 1. The topological polar surface area (TPSA) is 68.0 Å². The van der Waals surface area contributed by atoms with E-state index >= 15 is 0 Å². The molecule has 3 aromatic heterocycles. The molecule has 4 rings (SSSR count). The highest BCUT2D eigenvalue weighted by atomic mass is 19.1. The second-order valence-corrected chi connectivity index (χ2v) is 5.22. The Hall–Kier alpha value is -3.35. The summed E-state index contributed by atoms with van der Waals surface area (Å²) in [5.41, 5.74) is 2.28. The summed E-state index contributed by atoms with van der Waals surface area (Å²) < 4.78 is 15.2. The van der Waals surface area contributed by atoms with Gasteiger partial charge in [-0.2, -0.15) is 0 Å². The molecule has 0 aliphatic heterocycles. The zero-order valence-corrected chi connectivity index (χ0v) is 12.6. The van der Waals surface area contributed by atoms with Crippen LogP contribution in [0.15, 0.2) is 61.2 Å². The molecule has 6 nitrogen and oxygen atoms in total. The van der Waals surface area contributed by atoms with Crippen LogP contribution in [-0.2, 0) is 6.54 Å². The normalized spacial score (nSPS) is 10.9. The van der Waals surface area contributed by atoms with Crippen molar-refractivity contribution in [1.29, 1.82) is 0 Å². The summed E-state index contributed by atoms with van der Waals surface area (Å²) in [4.78, 5) is 8.40. The molecule has 0 saturated heterocycles. The summed E-state index contributed by atoms with van der Waals surface area (Å²) in [5.74, 6) is 0.862. The number of fused-ring (bicyclic) bond motifs is 1. The van der Waals surface area contributed by atoms with E-state index in [0.29, 0.717) is 29.4 Å². The lowest BCUT2D eigenvalue weighted by Gasteiger charge is -2.06. The van der Waals surface area contributed by atoms with Gasteiger partial charge in [-0.25, -0.2) is 9.37 Å². The lowest BCUT2D eigenvalue weighted by atomic mass is 10.2. The first kappa shape index (κ1) is 14.3. The van der Waals surface area contributed by atoms with Gasteiger partial charge in [0.25, 0.3) is 0 Å². The Kier molecular flexibility index (Phi) is 3.59. The molecule has 0 aliphatic rings. The Morgan fingerprint density at radius 3 is 2.88 bits per heavy atom. The zero-order valence-electron chi connectivity index (χ0n) is 12.6. The minimum absolute atomic E-state index is 0.312. The fourth-order valence-electron chi connectivity index (χ4n) is 2.46. The van der Waals surface area contributed by atoms with Crippen LogP contribution in [0, 0.1) is 5.82 Å². The van der Waals surface area contributed by atoms with E-state index in [0.717, 1.165) is 5.56 Å². The van der Waals surface area contributed by atoms with E-state index in [4.69, 9.17) is 0 Å². The van der Waals surface area contributed by atoms with Gasteiger partial charge in [-0.3, -0.25) is 9.38 Å². The summed E-state index contributed by atoms with van der Waals surface area (Å²) in [6, 6.07) is 10.1. The summed E-state index contributed by atoms with van der Waals surface area (Å²) in [5, 5.41) is 11.6. The van der Waals surface area contributed by atoms with Crippen LogP contribution in [0.1, 0.15) is 5.56 Å². The highest BCUT2D eigenvalue weighted by molar-refractivity contribution is 5.67. The molecule has 0 fully saturated rings. The Morgan fingerprint density at radius 1 is 1.08 bits per heavy atom. The van der Waals surface area contributed by atoms with Crippen LogP contribution >= 0.6 is 0 Å². The second kappa shape index (κ2) is 6.04. The quantitative estimate of drug-likeness (QED) is 0.626. The van der Waals surface area contributed by atoms with Gasteiger partial charge >= 0.3 is 0 Å². The maximum Gasteiger partial charge on any atom is 0.203 e. The number of pyridine rings is 1. The summed E-state index contributed by atoms with van der Waals surface area (Å²) in [6.45, 7) is 0.572. The van der Waals surface area contributed by atoms with Crippen molar-refractivity contribution >= 4 is 11.5 Å². The summed E-state index contributed by atoms with van der Waals surface area (Å²) in [7, 11) is 0. The molecule has 0 atom stereocenters. The van der Waals surface area contributed by atoms with Crippen molar-refractivity contribution in [3.05, 3.63) is 72.6 Å². The Bertz CT molecular complexity index is 983. The first-order valence-corrected chi connectivity index (χ1v) is 7.40. The van der Waals surface area contributed by atoms with Gasteiger partial charge in [0.2, 0.25) is 5.65 Å². The minimum atomic E-state index is -0.312. The standard InChI is InChI=1S/C17H13FN6/c18-14-5-1-4-13(9-14)16-22-23-17-15(20-7-8-24(16)17)21-11-12-3-2-6-19-10-12/h1-10H,11H2,(H,20,21). The Balaban J connectivity index is 1.69. The van der Waals surface area contributed by atoms with Crippen molar-refractivity contribution < 1.29 is 4.39 Å². The number of halogens is 1. The number of aromatic nitrogens is 5. The van der Waals surface area contributed by atoms with Crippen molar-refractivity contribution in [2.45, 2.75) is 6.54 Å². The fraction of sp³-hybridized carbons (Fsp3) is 0.0588.